The van der Waals surface area contributed by atoms with Crippen LogP contribution in [0.5, 0.6) is 17.2 Å². The van der Waals surface area contributed by atoms with Gasteiger partial charge in [-0.05, 0) is 48.0 Å². The van der Waals surface area contributed by atoms with Gasteiger partial charge >= 0.3 is 6.18 Å². The summed E-state index contributed by atoms with van der Waals surface area (Å²) in [5, 5.41) is 1.79. The van der Waals surface area contributed by atoms with Crippen molar-refractivity contribution in [1.29, 1.82) is 0 Å². The van der Waals surface area contributed by atoms with Crippen molar-refractivity contribution >= 4 is 28.2 Å². The summed E-state index contributed by atoms with van der Waals surface area (Å²) in [4.78, 5) is 11.4. The van der Waals surface area contributed by atoms with E-state index in [0.29, 0.717) is 17.1 Å². The standard InChI is InChI=1S/C20H14ClF3O3/c1-12(25)13-2-3-15-9-16(5-4-14(15)8-13)27-17-6-7-19(18(21)10-17)26-11-20(22,23)24/h2-10H,11H2,1H3. The molecule has 0 aliphatic heterocycles. The molecular weight excluding hydrogens is 381 g/mol. The predicted molar refractivity (Wildman–Crippen MR) is 97.0 cm³/mol. The van der Waals surface area contributed by atoms with Gasteiger partial charge < -0.3 is 9.47 Å². The Balaban J connectivity index is 1.77. The fourth-order valence-electron chi connectivity index (χ4n) is 2.46. The monoisotopic (exact) mass is 394 g/mol. The maximum Gasteiger partial charge on any atom is 0.422 e. The number of ether oxygens (including phenoxy) is 2. The van der Waals surface area contributed by atoms with Crippen LogP contribution in [0.2, 0.25) is 5.02 Å². The second-order valence-corrected chi connectivity index (χ2v) is 6.29. The third-order valence-electron chi connectivity index (χ3n) is 3.75. The van der Waals surface area contributed by atoms with Gasteiger partial charge in [0.1, 0.15) is 17.2 Å². The zero-order valence-electron chi connectivity index (χ0n) is 14.1. The number of ketones is 1. The summed E-state index contributed by atoms with van der Waals surface area (Å²) < 4.78 is 47.0. The molecule has 0 heterocycles. The van der Waals surface area contributed by atoms with Crippen LogP contribution in [0.4, 0.5) is 13.2 Å². The molecule has 0 aliphatic carbocycles. The van der Waals surface area contributed by atoms with E-state index in [9.17, 15) is 18.0 Å². The lowest BCUT2D eigenvalue weighted by Crippen LogP contribution is -2.19. The number of Topliss-reactive ketones (excluding diaryl/α,β-unsaturated/α-hetero) is 1. The fourth-order valence-corrected chi connectivity index (χ4v) is 2.69. The highest BCUT2D eigenvalue weighted by atomic mass is 35.5. The Morgan fingerprint density at radius 2 is 1.59 bits per heavy atom. The molecule has 0 spiro atoms. The maximum absolute atomic E-state index is 12.2. The first-order chi connectivity index (χ1) is 12.7. The van der Waals surface area contributed by atoms with Crippen molar-refractivity contribution in [2.75, 3.05) is 6.61 Å². The molecule has 140 valence electrons. The van der Waals surface area contributed by atoms with Crippen molar-refractivity contribution in [3.05, 3.63) is 65.2 Å². The van der Waals surface area contributed by atoms with Crippen LogP contribution in [0.15, 0.2) is 54.6 Å². The summed E-state index contributed by atoms with van der Waals surface area (Å²) in [6.45, 7) is 0.0876. The topological polar surface area (TPSA) is 35.5 Å². The summed E-state index contributed by atoms with van der Waals surface area (Å²) in [5.41, 5.74) is 0.623. The number of benzene rings is 3. The summed E-state index contributed by atoms with van der Waals surface area (Å²) in [6, 6.07) is 14.9. The van der Waals surface area contributed by atoms with E-state index in [1.807, 2.05) is 12.1 Å². The highest BCUT2D eigenvalue weighted by Crippen LogP contribution is 2.33. The third kappa shape index (κ3) is 4.92. The van der Waals surface area contributed by atoms with Gasteiger partial charge in [-0.15, -0.1) is 0 Å². The van der Waals surface area contributed by atoms with E-state index in [1.54, 1.807) is 24.3 Å². The van der Waals surface area contributed by atoms with Gasteiger partial charge in [-0.1, -0.05) is 29.8 Å². The average Bonchev–Trinajstić information content (AvgIpc) is 2.59. The molecule has 0 aromatic heterocycles. The van der Waals surface area contributed by atoms with Crippen LogP contribution in [-0.4, -0.2) is 18.6 Å². The van der Waals surface area contributed by atoms with Crippen LogP contribution in [0, 0.1) is 0 Å². The minimum absolute atomic E-state index is 0.0142. The second kappa shape index (κ2) is 7.48. The first-order valence-electron chi connectivity index (χ1n) is 7.93. The van der Waals surface area contributed by atoms with Gasteiger partial charge in [-0.25, -0.2) is 0 Å². The van der Waals surface area contributed by atoms with Crippen molar-refractivity contribution in [3.8, 4) is 17.2 Å². The summed E-state index contributed by atoms with van der Waals surface area (Å²) in [5.74, 6) is 0.800. The van der Waals surface area contributed by atoms with Gasteiger partial charge in [-0.3, -0.25) is 4.79 Å². The van der Waals surface area contributed by atoms with Gasteiger partial charge in [0.25, 0.3) is 0 Å². The molecule has 3 nitrogen and oxygen atoms in total. The molecule has 0 bridgehead atoms. The molecule has 3 aromatic rings. The molecule has 0 N–H and O–H groups in total. The lowest BCUT2D eigenvalue weighted by molar-refractivity contribution is -0.153. The highest BCUT2D eigenvalue weighted by molar-refractivity contribution is 6.32. The Morgan fingerprint density at radius 1 is 0.963 bits per heavy atom. The quantitative estimate of drug-likeness (QED) is 0.468. The molecule has 3 aromatic carbocycles. The zero-order chi connectivity index (χ0) is 19.6. The number of fused-ring (bicyclic) bond motifs is 1. The molecule has 0 fully saturated rings. The number of halogens is 4. The number of rotatable bonds is 5. The van der Waals surface area contributed by atoms with E-state index in [-0.39, 0.29) is 16.6 Å². The zero-order valence-corrected chi connectivity index (χ0v) is 14.9. The molecule has 0 saturated carbocycles. The van der Waals surface area contributed by atoms with Gasteiger partial charge in [0.15, 0.2) is 12.4 Å². The number of alkyl halides is 3. The van der Waals surface area contributed by atoms with E-state index in [4.69, 9.17) is 16.3 Å². The Kier molecular flexibility index (Phi) is 5.28. The minimum atomic E-state index is -4.44. The van der Waals surface area contributed by atoms with Crippen LogP contribution in [-0.2, 0) is 0 Å². The fraction of sp³-hybridized carbons (Fsp3) is 0.150. The van der Waals surface area contributed by atoms with E-state index < -0.39 is 12.8 Å². The van der Waals surface area contributed by atoms with Gasteiger partial charge in [0.2, 0.25) is 0 Å². The van der Waals surface area contributed by atoms with Crippen LogP contribution in [0.25, 0.3) is 10.8 Å². The van der Waals surface area contributed by atoms with Crippen LogP contribution < -0.4 is 9.47 Å². The summed E-state index contributed by atoms with van der Waals surface area (Å²) in [7, 11) is 0. The Morgan fingerprint density at radius 3 is 2.26 bits per heavy atom. The SMILES string of the molecule is CC(=O)c1ccc2cc(Oc3ccc(OCC(F)(F)F)c(Cl)c3)ccc2c1. The smallest absolute Gasteiger partial charge is 0.422 e. The molecule has 0 atom stereocenters. The lowest BCUT2D eigenvalue weighted by Gasteiger charge is -2.12. The van der Waals surface area contributed by atoms with E-state index in [1.165, 1.54) is 25.1 Å². The number of hydrogen-bond donors (Lipinski definition) is 0. The van der Waals surface area contributed by atoms with Crippen molar-refractivity contribution in [2.45, 2.75) is 13.1 Å². The second-order valence-electron chi connectivity index (χ2n) is 5.88. The van der Waals surface area contributed by atoms with E-state index >= 15 is 0 Å². The van der Waals surface area contributed by atoms with Crippen molar-refractivity contribution < 1.29 is 27.4 Å². The van der Waals surface area contributed by atoms with E-state index in [2.05, 4.69) is 4.74 Å². The maximum atomic E-state index is 12.2. The van der Waals surface area contributed by atoms with Gasteiger partial charge in [0, 0.05) is 11.6 Å². The van der Waals surface area contributed by atoms with Crippen LogP contribution in [0.3, 0.4) is 0 Å². The molecular formula is C20H14ClF3O3. The Hall–Kier alpha value is -2.73. The van der Waals surface area contributed by atoms with Crippen molar-refractivity contribution in [3.63, 3.8) is 0 Å². The van der Waals surface area contributed by atoms with Crippen molar-refractivity contribution in [1.82, 2.24) is 0 Å². The predicted octanol–water partition coefficient (Wildman–Crippen LogP) is 6.43. The molecule has 27 heavy (non-hydrogen) atoms. The van der Waals surface area contributed by atoms with Gasteiger partial charge in [0.05, 0.1) is 5.02 Å². The Bertz CT molecular complexity index is 999. The first kappa shape index (κ1) is 19.0. The third-order valence-corrected chi connectivity index (χ3v) is 4.04. The molecule has 0 aliphatic rings. The lowest BCUT2D eigenvalue weighted by atomic mass is 10.0. The van der Waals surface area contributed by atoms with E-state index in [0.717, 1.165) is 10.8 Å². The van der Waals surface area contributed by atoms with Crippen molar-refractivity contribution in [2.24, 2.45) is 0 Å². The normalized spacial score (nSPS) is 11.4. The van der Waals surface area contributed by atoms with Crippen LogP contribution in [0.1, 0.15) is 17.3 Å². The number of carbonyl (C=O) groups is 1. The Labute approximate surface area is 158 Å². The average molecular weight is 395 g/mol. The number of carbonyl (C=O) groups excluding carboxylic acids is 1. The molecule has 7 heteroatoms. The number of hydrogen-bond acceptors (Lipinski definition) is 3. The summed E-state index contributed by atoms with van der Waals surface area (Å²) >= 11 is 5.96. The molecule has 3 rings (SSSR count). The van der Waals surface area contributed by atoms with Gasteiger partial charge in [-0.2, -0.15) is 13.2 Å². The van der Waals surface area contributed by atoms with Crippen LogP contribution >= 0.6 is 11.6 Å². The first-order valence-corrected chi connectivity index (χ1v) is 8.31. The highest BCUT2D eigenvalue weighted by Gasteiger charge is 2.28. The molecule has 0 saturated heterocycles. The summed E-state index contributed by atoms with van der Waals surface area (Å²) in [6.07, 6.45) is -4.44. The molecule has 0 amide bonds. The molecule has 0 unspecified atom stereocenters. The minimum Gasteiger partial charge on any atom is -0.483 e. The molecule has 0 radical (unpaired) electrons. The largest absolute Gasteiger partial charge is 0.483 e.